The molecular formula is C29H38O10. The lowest BCUT2D eigenvalue weighted by atomic mass is 9.95. The molecule has 2 heterocycles. The normalized spacial score (nSPS) is 19.8. The van der Waals surface area contributed by atoms with Crippen molar-refractivity contribution in [2.75, 3.05) is 67.1 Å². The minimum absolute atomic E-state index is 0.0640. The van der Waals surface area contributed by atoms with Crippen LogP contribution in [-0.2, 0) is 34.2 Å². The monoisotopic (exact) mass is 546 g/mol. The van der Waals surface area contributed by atoms with Crippen molar-refractivity contribution >= 4 is 5.78 Å². The molecule has 0 amide bonds. The number of rotatable bonds is 19. The quantitative estimate of drug-likeness (QED) is 0.160. The second-order valence-corrected chi connectivity index (χ2v) is 9.77. The van der Waals surface area contributed by atoms with Crippen molar-refractivity contribution < 1.29 is 47.8 Å². The maximum atomic E-state index is 13.5. The van der Waals surface area contributed by atoms with Crippen molar-refractivity contribution in [2.24, 2.45) is 5.92 Å². The lowest BCUT2D eigenvalue weighted by molar-refractivity contribution is -0.176. The van der Waals surface area contributed by atoms with E-state index >= 15 is 0 Å². The molecule has 0 saturated carbocycles. The van der Waals surface area contributed by atoms with Crippen LogP contribution in [0.5, 0.6) is 11.5 Å². The van der Waals surface area contributed by atoms with E-state index in [4.69, 9.17) is 37.9 Å². The molecule has 10 nitrogen and oxygen atoms in total. The molecule has 2 saturated heterocycles. The summed E-state index contributed by atoms with van der Waals surface area (Å²) in [7, 11) is 2.85. The number of carbonyl (C=O) groups is 1. The largest absolute Gasteiger partial charge is 0.493 e. The zero-order valence-corrected chi connectivity index (χ0v) is 22.7. The third kappa shape index (κ3) is 8.71. The summed E-state index contributed by atoms with van der Waals surface area (Å²) in [6.45, 7) is 5.95. The molecule has 0 aliphatic carbocycles. The highest BCUT2D eigenvalue weighted by molar-refractivity contribution is 6.02. The summed E-state index contributed by atoms with van der Waals surface area (Å²) in [5, 5.41) is 10.0. The third-order valence-electron chi connectivity index (χ3n) is 6.33. The first-order valence-corrected chi connectivity index (χ1v) is 13.1. The summed E-state index contributed by atoms with van der Waals surface area (Å²) in [5.74, 6) is -0.605. The molecule has 2 aromatic carbocycles. The molecule has 0 aromatic heterocycles. The van der Waals surface area contributed by atoms with Crippen molar-refractivity contribution in [3.63, 3.8) is 0 Å². The van der Waals surface area contributed by atoms with Crippen LogP contribution >= 0.6 is 0 Å². The van der Waals surface area contributed by atoms with E-state index in [1.165, 1.54) is 14.2 Å². The zero-order valence-electron chi connectivity index (χ0n) is 22.7. The van der Waals surface area contributed by atoms with Crippen LogP contribution < -0.4 is 9.47 Å². The van der Waals surface area contributed by atoms with Gasteiger partial charge >= 0.3 is 0 Å². The number of aliphatic hydroxyl groups excluding tert-OH is 1. The average Bonchev–Trinajstić information content (AvgIpc) is 3.89. The van der Waals surface area contributed by atoms with Crippen molar-refractivity contribution in [2.45, 2.75) is 31.0 Å². The molecule has 2 aliphatic rings. The van der Waals surface area contributed by atoms with E-state index in [2.05, 4.69) is 6.92 Å². The number of hydrogen-bond acceptors (Lipinski definition) is 10. The van der Waals surface area contributed by atoms with Gasteiger partial charge in [0.15, 0.2) is 0 Å². The molecule has 10 heteroatoms. The SMILES string of the molecule is COC(OC)(C(=O)c1ccc(OCC(O)COCC2CO2)cc1)c1ccc(OCC(C)COCC2CO2)cc1. The topological polar surface area (TPSA) is 118 Å². The summed E-state index contributed by atoms with van der Waals surface area (Å²) in [5.41, 5.74) is 0.913. The third-order valence-corrected chi connectivity index (χ3v) is 6.33. The van der Waals surface area contributed by atoms with Crippen LogP contribution in [0.3, 0.4) is 0 Å². The Labute approximate surface area is 229 Å². The fourth-order valence-corrected chi connectivity index (χ4v) is 3.89. The number of ether oxygens (including phenoxy) is 8. The molecule has 0 bridgehead atoms. The van der Waals surface area contributed by atoms with Crippen LogP contribution in [-0.4, -0.2) is 96.3 Å². The van der Waals surface area contributed by atoms with Crippen molar-refractivity contribution in [1.29, 1.82) is 0 Å². The summed E-state index contributed by atoms with van der Waals surface area (Å²) in [6.07, 6.45) is -0.378. The number of epoxide rings is 2. The Hall–Kier alpha value is -2.57. The second-order valence-electron chi connectivity index (χ2n) is 9.77. The molecule has 39 heavy (non-hydrogen) atoms. The summed E-state index contributed by atoms with van der Waals surface area (Å²) < 4.78 is 44.0. The smallest absolute Gasteiger partial charge is 0.260 e. The molecule has 4 unspecified atom stereocenters. The molecule has 214 valence electrons. The van der Waals surface area contributed by atoms with Crippen molar-refractivity contribution in [3.8, 4) is 11.5 Å². The predicted octanol–water partition coefficient (Wildman–Crippen LogP) is 2.60. The number of carbonyl (C=O) groups excluding carboxylic acids is 1. The van der Waals surface area contributed by atoms with E-state index in [1.807, 2.05) is 0 Å². The van der Waals surface area contributed by atoms with Gasteiger partial charge in [-0.05, 0) is 48.5 Å². The van der Waals surface area contributed by atoms with E-state index in [9.17, 15) is 9.90 Å². The molecule has 2 aromatic rings. The number of methoxy groups -OCH3 is 2. The van der Waals surface area contributed by atoms with E-state index in [0.717, 1.165) is 6.61 Å². The van der Waals surface area contributed by atoms with E-state index in [-0.39, 0.29) is 37.1 Å². The number of aliphatic hydroxyl groups is 1. The molecule has 1 N–H and O–H groups in total. The number of benzene rings is 2. The highest BCUT2D eigenvalue weighted by atomic mass is 16.7. The average molecular weight is 547 g/mol. The Bertz CT molecular complexity index is 1010. The van der Waals surface area contributed by atoms with Crippen LogP contribution in [0.2, 0.25) is 0 Å². The zero-order chi connectivity index (χ0) is 27.7. The Kier molecular flexibility index (Phi) is 10.7. The van der Waals surface area contributed by atoms with Crippen LogP contribution in [0.4, 0.5) is 0 Å². The van der Waals surface area contributed by atoms with Crippen molar-refractivity contribution in [1.82, 2.24) is 0 Å². The van der Waals surface area contributed by atoms with Gasteiger partial charge < -0.3 is 43.0 Å². The lowest BCUT2D eigenvalue weighted by Crippen LogP contribution is -2.40. The van der Waals surface area contributed by atoms with Crippen LogP contribution in [0.15, 0.2) is 48.5 Å². The molecule has 4 rings (SSSR count). The molecule has 0 spiro atoms. The Morgan fingerprint density at radius 3 is 1.90 bits per heavy atom. The molecule has 2 aliphatic heterocycles. The fraction of sp³-hybridized carbons (Fsp3) is 0.552. The van der Waals surface area contributed by atoms with Gasteiger partial charge in [0.25, 0.3) is 5.79 Å². The van der Waals surface area contributed by atoms with Gasteiger partial charge in [0, 0.05) is 31.3 Å². The molecular weight excluding hydrogens is 508 g/mol. The van der Waals surface area contributed by atoms with Crippen LogP contribution in [0.25, 0.3) is 0 Å². The first-order valence-electron chi connectivity index (χ1n) is 13.1. The first-order chi connectivity index (χ1) is 18.9. The summed E-state index contributed by atoms with van der Waals surface area (Å²) >= 11 is 0. The highest BCUT2D eigenvalue weighted by Crippen LogP contribution is 2.32. The molecule has 4 atom stereocenters. The van der Waals surface area contributed by atoms with Gasteiger partial charge in [0.2, 0.25) is 5.78 Å². The molecule has 2 fully saturated rings. The highest BCUT2D eigenvalue weighted by Gasteiger charge is 2.41. The number of hydrogen-bond donors (Lipinski definition) is 1. The van der Waals surface area contributed by atoms with E-state index in [1.54, 1.807) is 48.5 Å². The maximum Gasteiger partial charge on any atom is 0.260 e. The van der Waals surface area contributed by atoms with Gasteiger partial charge in [-0.2, -0.15) is 0 Å². The van der Waals surface area contributed by atoms with Gasteiger partial charge in [0.1, 0.15) is 36.4 Å². The Morgan fingerprint density at radius 1 is 0.846 bits per heavy atom. The standard InChI is InChI=1S/C29H38O10/c1-20(12-34-16-26-18-38-26)13-36-25-10-6-22(7-11-25)29(32-2,33-3)28(31)21-4-8-24(9-5-21)37-15-23(30)14-35-17-27-19-39-27/h4-11,20,23,26-27,30H,12-19H2,1-3H3. The minimum atomic E-state index is -1.63. The number of Topliss-reactive ketones (excluding diaryl/α,β-unsaturated/α-hetero) is 1. The van der Waals surface area contributed by atoms with Gasteiger partial charge in [0.05, 0.1) is 46.2 Å². The lowest BCUT2D eigenvalue weighted by Gasteiger charge is -2.30. The maximum absolute atomic E-state index is 13.5. The second kappa shape index (κ2) is 14.2. The summed E-state index contributed by atoms with van der Waals surface area (Å²) in [4.78, 5) is 13.5. The minimum Gasteiger partial charge on any atom is -0.493 e. The van der Waals surface area contributed by atoms with Gasteiger partial charge in [-0.1, -0.05) is 6.92 Å². The van der Waals surface area contributed by atoms with E-state index in [0.29, 0.717) is 55.7 Å². The number of ketones is 1. The first kappa shape index (κ1) is 29.4. The van der Waals surface area contributed by atoms with E-state index < -0.39 is 11.9 Å². The van der Waals surface area contributed by atoms with Crippen LogP contribution in [0.1, 0.15) is 22.8 Å². The fourth-order valence-electron chi connectivity index (χ4n) is 3.89. The van der Waals surface area contributed by atoms with Gasteiger partial charge in [-0.15, -0.1) is 0 Å². The molecule has 0 radical (unpaired) electrons. The predicted molar refractivity (Wildman–Crippen MR) is 140 cm³/mol. The van der Waals surface area contributed by atoms with Gasteiger partial charge in [-0.3, -0.25) is 4.79 Å². The Balaban J connectivity index is 1.29. The van der Waals surface area contributed by atoms with Crippen LogP contribution in [0, 0.1) is 5.92 Å². The van der Waals surface area contributed by atoms with Crippen molar-refractivity contribution in [3.05, 3.63) is 59.7 Å². The van der Waals surface area contributed by atoms with Gasteiger partial charge in [-0.25, -0.2) is 0 Å². The Morgan fingerprint density at radius 2 is 1.36 bits per heavy atom. The summed E-state index contributed by atoms with van der Waals surface area (Å²) in [6, 6.07) is 13.7.